The van der Waals surface area contributed by atoms with Crippen molar-refractivity contribution in [3.05, 3.63) is 24.3 Å². The highest BCUT2D eigenvalue weighted by molar-refractivity contribution is 7.91. The Hall–Kier alpha value is -1.56. The lowest BCUT2D eigenvalue weighted by molar-refractivity contribution is -0.116. The van der Waals surface area contributed by atoms with Gasteiger partial charge in [0.2, 0.25) is 5.91 Å². The quantitative estimate of drug-likeness (QED) is 0.708. The maximum Gasteiger partial charge on any atom is 0.224 e. The van der Waals surface area contributed by atoms with Crippen molar-refractivity contribution in [1.82, 2.24) is 0 Å². The number of ether oxygens (including phenoxy) is 1. The van der Waals surface area contributed by atoms with E-state index in [9.17, 15) is 13.2 Å². The Morgan fingerprint density at radius 3 is 2.32 bits per heavy atom. The van der Waals surface area contributed by atoms with Gasteiger partial charge < -0.3 is 10.1 Å². The second-order valence-corrected chi connectivity index (χ2v) is 8.18. The highest BCUT2D eigenvalue weighted by Gasteiger charge is 2.15. The molecule has 0 aliphatic heterocycles. The van der Waals surface area contributed by atoms with Gasteiger partial charge >= 0.3 is 0 Å². The molecule has 1 aromatic rings. The fourth-order valence-electron chi connectivity index (χ4n) is 1.90. The number of anilines is 1. The van der Waals surface area contributed by atoms with Gasteiger partial charge in [0.05, 0.1) is 18.1 Å². The average Bonchev–Trinajstić information content (AvgIpc) is 2.47. The SMILES string of the molecule is COc1ccc(NC(=O)CCCCCS(=O)(=O)C(C)C)cc1. The van der Waals surface area contributed by atoms with E-state index in [0.29, 0.717) is 19.3 Å². The Bertz CT molecular complexity index is 564. The van der Waals surface area contributed by atoms with E-state index in [1.54, 1.807) is 45.2 Å². The summed E-state index contributed by atoms with van der Waals surface area (Å²) in [6.45, 7) is 3.38. The molecule has 5 nitrogen and oxygen atoms in total. The standard InChI is InChI=1S/C16H25NO4S/c1-13(2)22(19,20)12-6-4-5-7-16(18)17-14-8-10-15(21-3)11-9-14/h8-11,13H,4-7,12H2,1-3H3,(H,17,18). The third-order valence-corrected chi connectivity index (χ3v) is 5.72. The third kappa shape index (κ3) is 6.47. The van der Waals surface area contributed by atoms with Crippen LogP contribution >= 0.6 is 0 Å². The summed E-state index contributed by atoms with van der Waals surface area (Å²) in [4.78, 5) is 11.8. The predicted octanol–water partition coefficient (Wildman–Crippen LogP) is 3.02. The third-order valence-electron chi connectivity index (χ3n) is 3.42. The van der Waals surface area contributed by atoms with E-state index in [4.69, 9.17) is 4.74 Å². The summed E-state index contributed by atoms with van der Waals surface area (Å²) in [6, 6.07) is 7.14. The molecule has 0 spiro atoms. The predicted molar refractivity (Wildman–Crippen MR) is 89.0 cm³/mol. The van der Waals surface area contributed by atoms with Crippen LogP contribution in [0.15, 0.2) is 24.3 Å². The number of sulfone groups is 1. The molecular formula is C16H25NO4S. The minimum atomic E-state index is -2.97. The number of carbonyl (C=O) groups excluding carboxylic acids is 1. The zero-order chi connectivity index (χ0) is 16.6. The summed E-state index contributed by atoms with van der Waals surface area (Å²) < 4.78 is 28.3. The lowest BCUT2D eigenvalue weighted by Gasteiger charge is -2.08. The zero-order valence-corrected chi connectivity index (χ0v) is 14.3. The Balaban J connectivity index is 2.23. The second kappa shape index (κ2) is 8.78. The van der Waals surface area contributed by atoms with Gasteiger partial charge in [0.1, 0.15) is 5.75 Å². The molecule has 0 radical (unpaired) electrons. The van der Waals surface area contributed by atoms with Crippen LogP contribution in [0.5, 0.6) is 5.75 Å². The molecule has 0 aliphatic rings. The van der Waals surface area contributed by atoms with Crippen molar-refractivity contribution in [3.8, 4) is 5.75 Å². The Kier molecular flexibility index (Phi) is 7.38. The molecule has 0 heterocycles. The molecule has 0 saturated carbocycles. The van der Waals surface area contributed by atoms with Gasteiger partial charge in [0.15, 0.2) is 9.84 Å². The van der Waals surface area contributed by atoms with Crippen LogP contribution in [0.3, 0.4) is 0 Å². The summed E-state index contributed by atoms with van der Waals surface area (Å²) >= 11 is 0. The Morgan fingerprint density at radius 2 is 1.77 bits per heavy atom. The molecule has 0 saturated heterocycles. The van der Waals surface area contributed by atoms with Crippen molar-refractivity contribution in [2.45, 2.75) is 44.8 Å². The minimum Gasteiger partial charge on any atom is -0.497 e. The van der Waals surface area contributed by atoms with Crippen molar-refractivity contribution in [2.75, 3.05) is 18.2 Å². The Labute approximate surface area is 133 Å². The maximum absolute atomic E-state index is 11.8. The van der Waals surface area contributed by atoms with Crippen LogP contribution in [0.4, 0.5) is 5.69 Å². The molecule has 124 valence electrons. The van der Waals surface area contributed by atoms with E-state index in [2.05, 4.69) is 5.32 Å². The minimum absolute atomic E-state index is 0.0584. The molecule has 22 heavy (non-hydrogen) atoms. The Morgan fingerprint density at radius 1 is 1.14 bits per heavy atom. The number of unbranched alkanes of at least 4 members (excludes halogenated alkanes) is 2. The number of benzene rings is 1. The smallest absolute Gasteiger partial charge is 0.224 e. The van der Waals surface area contributed by atoms with Gasteiger partial charge in [0, 0.05) is 12.1 Å². The van der Waals surface area contributed by atoms with E-state index < -0.39 is 9.84 Å². The molecule has 0 fully saturated rings. The van der Waals surface area contributed by atoms with E-state index >= 15 is 0 Å². The number of carbonyl (C=O) groups is 1. The van der Waals surface area contributed by atoms with Gasteiger partial charge in [-0.25, -0.2) is 8.42 Å². The van der Waals surface area contributed by atoms with Gasteiger partial charge in [-0.2, -0.15) is 0 Å². The molecule has 1 aromatic carbocycles. The van der Waals surface area contributed by atoms with Gasteiger partial charge in [0.25, 0.3) is 0 Å². The van der Waals surface area contributed by atoms with E-state index in [-0.39, 0.29) is 16.9 Å². The highest BCUT2D eigenvalue weighted by Crippen LogP contribution is 2.15. The van der Waals surface area contributed by atoms with Crippen LogP contribution in [-0.2, 0) is 14.6 Å². The fraction of sp³-hybridized carbons (Fsp3) is 0.562. The van der Waals surface area contributed by atoms with Crippen molar-refractivity contribution >= 4 is 21.4 Å². The van der Waals surface area contributed by atoms with E-state index in [0.717, 1.165) is 17.9 Å². The van der Waals surface area contributed by atoms with Crippen LogP contribution in [0.2, 0.25) is 0 Å². The molecule has 0 atom stereocenters. The number of rotatable bonds is 9. The first kappa shape index (κ1) is 18.5. The molecule has 1 rings (SSSR count). The molecule has 0 aliphatic carbocycles. The molecular weight excluding hydrogens is 302 g/mol. The van der Waals surface area contributed by atoms with Crippen LogP contribution in [0, 0.1) is 0 Å². The normalized spacial score (nSPS) is 11.5. The summed E-state index contributed by atoms with van der Waals surface area (Å²) in [7, 11) is -1.38. The van der Waals surface area contributed by atoms with Crippen LogP contribution in [0.1, 0.15) is 39.5 Å². The van der Waals surface area contributed by atoms with Crippen molar-refractivity contribution < 1.29 is 17.9 Å². The average molecular weight is 327 g/mol. The van der Waals surface area contributed by atoms with Crippen LogP contribution < -0.4 is 10.1 Å². The van der Waals surface area contributed by atoms with E-state index in [1.807, 2.05) is 0 Å². The maximum atomic E-state index is 11.8. The zero-order valence-electron chi connectivity index (χ0n) is 13.5. The van der Waals surface area contributed by atoms with Crippen LogP contribution in [-0.4, -0.2) is 32.4 Å². The molecule has 6 heteroatoms. The lowest BCUT2D eigenvalue weighted by Crippen LogP contribution is -2.17. The van der Waals surface area contributed by atoms with Gasteiger partial charge in [-0.05, 0) is 51.0 Å². The second-order valence-electron chi connectivity index (χ2n) is 5.50. The summed E-state index contributed by atoms with van der Waals surface area (Å²) in [6.07, 6.45) is 2.43. The van der Waals surface area contributed by atoms with E-state index in [1.165, 1.54) is 0 Å². The summed E-state index contributed by atoms with van der Waals surface area (Å²) in [5.74, 6) is 0.881. The van der Waals surface area contributed by atoms with Gasteiger partial charge in [-0.15, -0.1) is 0 Å². The summed E-state index contributed by atoms with van der Waals surface area (Å²) in [5, 5.41) is 2.48. The first-order chi connectivity index (χ1) is 10.3. The number of nitrogens with one attached hydrogen (secondary N) is 1. The topological polar surface area (TPSA) is 72.5 Å². The lowest BCUT2D eigenvalue weighted by atomic mass is 10.2. The number of hydrogen-bond donors (Lipinski definition) is 1. The largest absolute Gasteiger partial charge is 0.497 e. The molecule has 1 amide bonds. The van der Waals surface area contributed by atoms with Gasteiger partial charge in [-0.1, -0.05) is 6.42 Å². The van der Waals surface area contributed by atoms with Gasteiger partial charge in [-0.3, -0.25) is 4.79 Å². The summed E-state index contributed by atoms with van der Waals surface area (Å²) in [5.41, 5.74) is 0.730. The first-order valence-electron chi connectivity index (χ1n) is 7.50. The molecule has 0 unspecified atom stereocenters. The molecule has 1 N–H and O–H groups in total. The number of methoxy groups -OCH3 is 1. The van der Waals surface area contributed by atoms with Crippen LogP contribution in [0.25, 0.3) is 0 Å². The van der Waals surface area contributed by atoms with Crippen molar-refractivity contribution in [1.29, 1.82) is 0 Å². The molecule has 0 aromatic heterocycles. The highest BCUT2D eigenvalue weighted by atomic mass is 32.2. The number of amides is 1. The van der Waals surface area contributed by atoms with Crippen molar-refractivity contribution in [3.63, 3.8) is 0 Å². The number of hydrogen-bond acceptors (Lipinski definition) is 4. The fourth-order valence-corrected chi connectivity index (χ4v) is 2.98. The molecule has 0 bridgehead atoms. The first-order valence-corrected chi connectivity index (χ1v) is 9.22. The van der Waals surface area contributed by atoms with Crippen molar-refractivity contribution in [2.24, 2.45) is 0 Å². The monoisotopic (exact) mass is 327 g/mol.